The highest BCUT2D eigenvalue weighted by molar-refractivity contribution is 8.81. The van der Waals surface area contributed by atoms with E-state index in [9.17, 15) is 34.2 Å². The SMILES string of the molecule is C.C.C.CCC(=O)ONc1ccn([C@@H]2O[C@H](CC)[C@H](C)C2O[Si](C)(C)C(C)(C)C)c(=O)n1.CCC(=O)ONc1ccn([C@@H]2O[C@H](CO)[C@H](O)C2O)c(=O)n1.CC[C@H]1O[C@@H](n2ccc(NO)nc2=O)C(O[Si](C)(C)C(C)(C)C)[C@H]1C.S=S.S=S=S=S=S=S=S=S=S=S=S=S=S=S=S=S=S=S=S=S=S=S=S=S=S=S=S=S=S=S=S=S=S=S=S=S=S=S. The number of aliphatic hydroxyl groups is 3. The van der Waals surface area contributed by atoms with Crippen LogP contribution in [0.15, 0.2) is 51.2 Å². The Bertz CT molecular complexity index is 5660. The van der Waals surface area contributed by atoms with E-state index in [-0.39, 0.29) is 98.9 Å². The highest BCUT2D eigenvalue weighted by atomic mass is 33.5. The first-order valence-electron chi connectivity index (χ1n) is 32.1. The number of rotatable bonds is 17. The van der Waals surface area contributed by atoms with Gasteiger partial charge in [0.05, 0.1) is 31.0 Å². The van der Waals surface area contributed by atoms with Crippen LogP contribution in [0.25, 0.3) is 0 Å². The molecule has 6 rings (SSSR count). The van der Waals surface area contributed by atoms with Crippen molar-refractivity contribution in [2.24, 2.45) is 11.8 Å². The van der Waals surface area contributed by atoms with Gasteiger partial charge in [-0.3, -0.25) is 24.4 Å². The average Bonchev–Trinajstić information content (AvgIpc) is 1.65. The summed E-state index contributed by atoms with van der Waals surface area (Å²) in [6.45, 7) is 33.2. The maximum atomic E-state index is 12.7. The maximum absolute atomic E-state index is 12.7. The minimum Gasteiger partial charge on any atom is -0.409 e. The lowest BCUT2D eigenvalue weighted by molar-refractivity contribution is -0.141. The molecule has 0 aliphatic carbocycles. The van der Waals surface area contributed by atoms with Crippen LogP contribution >= 0.6 is 0 Å². The van der Waals surface area contributed by atoms with Crippen LogP contribution < -0.4 is 33.5 Å². The summed E-state index contributed by atoms with van der Waals surface area (Å²) < 4.78 is 34.9. The molecule has 3 aliphatic heterocycles. The van der Waals surface area contributed by atoms with Gasteiger partial charge in [0.25, 0.3) is 0 Å². The molecule has 0 aromatic carbocycles. The molecule has 67 heteroatoms. The van der Waals surface area contributed by atoms with Gasteiger partial charge in [0.1, 0.15) is 18.3 Å². The predicted molar refractivity (Wildman–Crippen MR) is 600 cm³/mol. The number of aliphatic hydroxyl groups excluding tert-OH is 3. The molecule has 0 saturated carbocycles. The van der Waals surface area contributed by atoms with E-state index in [1.54, 1.807) is 139 Å². The number of carbonyl (C=O) groups excluding carboxylic acids is 2. The number of hydrogen-bond acceptors (Lipinski definition) is 26. The third-order valence-corrected chi connectivity index (χ3v) is 102. The van der Waals surface area contributed by atoms with Gasteiger partial charge in [0.2, 0.25) is 0 Å². The van der Waals surface area contributed by atoms with Crippen molar-refractivity contribution in [3.8, 4) is 0 Å². The van der Waals surface area contributed by atoms with Crippen molar-refractivity contribution in [1.82, 2.24) is 28.7 Å². The molecule has 12 atom stereocenters. The molecule has 3 unspecified atom stereocenters. The van der Waals surface area contributed by atoms with Crippen LogP contribution in [0, 0.1) is 11.8 Å². The standard InChI is InChI=1S/C20H35N3O5Si.C17H31N3O4Si.C12H17N3O7.3CH4.S38.S2/c1-9-14-13(3)17(28-29(7,8)20(4,5)6)18(26-14)23-12-11-15(21-19(23)25)22-27-16(24)10-2;1-8-12-11(2)14(24-25(6,7)17(3,4)5)15(23-12)20-10-9-13(19-22)18-16(20)21;1-2-8(17)22-14-7-3-4-15(12(20)13-7)11-10(19)9(18)6(5-16)21-11;;;;1-3-5-7-9-11-13-15-17-19-21-23-25-27-29-31-33-35-37-38-36-34-32-30-28-26-24-22-20-18-16-14-12-10-8-6-4-2;1-2/h11-14,17-18H,9-10H2,1-8H3,(H,21,22,25);9-12,14-15,22H,8H2,1-7H3,(H,18,19,21);3-4,6,9-11,16,18-19H,2,5H2,1H3,(H,13,14,20);3*1H4;;/t13-,14+,17?,18+;11-,12+,14?,15+;6-,9+,10?,11-;;;;;/m001...../s1. The monoisotopic (exact) mass is 2440 g/mol. The molecule has 0 bridgehead atoms. The number of anilines is 3. The number of nitrogens with zero attached hydrogens (tertiary/aromatic N) is 6. The average molecular weight is 2440 g/mol. The van der Waals surface area contributed by atoms with Gasteiger partial charge in [-0.15, -0.1) is 0 Å². The highest BCUT2D eigenvalue weighted by Gasteiger charge is 2.51. The van der Waals surface area contributed by atoms with E-state index >= 15 is 0 Å². The molecule has 3 aliphatic rings. The molecule has 6 heterocycles. The van der Waals surface area contributed by atoms with E-state index in [1.807, 2.05) is 201 Å². The molecule has 25 nitrogen and oxygen atoms in total. The zero-order valence-electron chi connectivity index (χ0n) is 63.1. The normalized spacial score (nSPS) is 19.5. The predicted octanol–water partition coefficient (Wildman–Crippen LogP) is 7.18. The number of hydrogen-bond donors (Lipinski definition) is 7. The van der Waals surface area contributed by atoms with E-state index < -0.39 is 89.2 Å². The van der Waals surface area contributed by atoms with E-state index in [4.69, 9.17) is 60.6 Å². The Balaban J connectivity index is 0. The zero-order valence-corrected chi connectivity index (χ0v) is 97.8. The lowest BCUT2D eigenvalue weighted by Gasteiger charge is -2.40. The first-order chi connectivity index (χ1) is 55.3. The van der Waals surface area contributed by atoms with E-state index in [1.165, 1.54) is 45.2 Å². The topological polar surface area (TPSA) is 320 Å². The highest BCUT2D eigenvalue weighted by Crippen LogP contribution is 2.46. The van der Waals surface area contributed by atoms with E-state index in [2.05, 4.69) is 149 Å². The Morgan fingerprint density at radius 1 is 0.445 bits per heavy atom. The van der Waals surface area contributed by atoms with Crippen LogP contribution in [0.4, 0.5) is 17.5 Å². The molecular formula is C52H95N9O16S40Si2. The first-order valence-corrected chi connectivity index (χ1v) is 88.6. The Labute approximate surface area is 820 Å². The number of nitrogens with one attached hydrogen (secondary N) is 3. The molecular weight excluding hydrogens is 2350 g/mol. The van der Waals surface area contributed by atoms with Crippen LogP contribution in [0.2, 0.25) is 36.3 Å². The van der Waals surface area contributed by atoms with Gasteiger partial charge in [-0.1, -0.05) is 105 Å². The lowest BCUT2D eigenvalue weighted by atomic mass is 9.99. The summed E-state index contributed by atoms with van der Waals surface area (Å²) in [4.78, 5) is 80.1. The molecule has 692 valence electrons. The number of aromatic nitrogens is 6. The summed E-state index contributed by atoms with van der Waals surface area (Å²) in [5.74, 6) is -0.336. The van der Waals surface area contributed by atoms with Crippen molar-refractivity contribution in [2.75, 3.05) is 23.0 Å². The molecule has 0 amide bonds. The van der Waals surface area contributed by atoms with Gasteiger partial charge >= 0.3 is 29.0 Å². The summed E-state index contributed by atoms with van der Waals surface area (Å²) in [6, 6.07) is 4.46. The summed E-state index contributed by atoms with van der Waals surface area (Å²) in [5.41, 5.74) is 4.79. The molecule has 3 saturated heterocycles. The fourth-order valence-corrected chi connectivity index (χ4v) is 104. The fourth-order valence-electron chi connectivity index (χ4n) is 8.31. The minimum atomic E-state index is -2.07. The zero-order chi connectivity index (χ0) is 86.7. The molecule has 3 aromatic heterocycles. The molecule has 119 heavy (non-hydrogen) atoms. The molecule has 0 radical (unpaired) electrons. The summed E-state index contributed by atoms with van der Waals surface area (Å²) in [7, 11) is 59.6. The van der Waals surface area contributed by atoms with Crippen molar-refractivity contribution in [2.45, 2.75) is 229 Å². The van der Waals surface area contributed by atoms with Crippen LogP contribution in [-0.2, 0) is 407 Å². The van der Waals surface area contributed by atoms with Crippen molar-refractivity contribution in [3.63, 3.8) is 0 Å². The fraction of sp³-hybridized carbons (Fsp3) is 0.731. The second-order valence-electron chi connectivity index (χ2n) is 24.5. The minimum absolute atomic E-state index is 0. The Hall–Kier alpha value is 3.85. The third-order valence-electron chi connectivity index (χ3n) is 15.7. The molecule has 3 aromatic rings. The lowest BCUT2D eigenvalue weighted by Crippen LogP contribution is -2.47. The van der Waals surface area contributed by atoms with Crippen molar-refractivity contribution < 1.29 is 62.9 Å². The van der Waals surface area contributed by atoms with Gasteiger partial charge in [0, 0.05) is 420 Å². The maximum Gasteiger partial charge on any atom is 0.351 e. The second kappa shape index (κ2) is 72.3. The van der Waals surface area contributed by atoms with Crippen LogP contribution in [0.5, 0.6) is 0 Å². The van der Waals surface area contributed by atoms with Gasteiger partial charge < -0.3 is 48.1 Å². The summed E-state index contributed by atoms with van der Waals surface area (Å²) in [5, 5.41) is 37.6. The van der Waals surface area contributed by atoms with Crippen molar-refractivity contribution in [3.05, 3.63) is 68.2 Å². The first kappa shape index (κ1) is 125. The van der Waals surface area contributed by atoms with E-state index in [0.29, 0.717) is 0 Å². The quantitative estimate of drug-likeness (QED) is 0.0519. The van der Waals surface area contributed by atoms with Crippen molar-refractivity contribution in [1.29, 1.82) is 0 Å². The largest absolute Gasteiger partial charge is 0.409 e. The number of ether oxygens (including phenoxy) is 3. The third kappa shape index (κ3) is 49.6. The van der Waals surface area contributed by atoms with Gasteiger partial charge in [-0.2, -0.15) is 15.0 Å². The molecule has 0 spiro atoms. The van der Waals surface area contributed by atoms with Crippen molar-refractivity contribution >= 4 is 410 Å². The summed E-state index contributed by atoms with van der Waals surface area (Å²) in [6.07, 6.45) is 0.207. The van der Waals surface area contributed by atoms with Crippen LogP contribution in [0.1, 0.15) is 150 Å². The van der Waals surface area contributed by atoms with Crippen LogP contribution in [0.3, 0.4) is 0 Å². The van der Waals surface area contributed by atoms with Gasteiger partial charge in [0.15, 0.2) is 52.8 Å². The Morgan fingerprint density at radius 3 is 0.908 bits per heavy atom. The second-order valence-corrected chi connectivity index (χ2v) is 97.7. The molecule has 7 N–H and O–H groups in total. The number of carbonyl (C=O) groups is 2. The summed E-state index contributed by atoms with van der Waals surface area (Å²) >= 11 is 16.9. The Morgan fingerprint density at radius 2 is 0.689 bits per heavy atom. The Kier molecular flexibility index (Phi) is 75.9. The smallest absolute Gasteiger partial charge is 0.351 e. The van der Waals surface area contributed by atoms with Gasteiger partial charge in [-0.25, -0.2) is 34.9 Å². The van der Waals surface area contributed by atoms with E-state index in [0.717, 1.165) is 17.4 Å². The molecule has 3 fully saturated rings. The van der Waals surface area contributed by atoms with Gasteiger partial charge in [-0.05, 0) is 55.2 Å². The van der Waals surface area contributed by atoms with Crippen LogP contribution in [-0.4, -0.2) is 127 Å².